The lowest BCUT2D eigenvalue weighted by atomic mass is 9.93. The minimum atomic E-state index is 0.813. The summed E-state index contributed by atoms with van der Waals surface area (Å²) >= 11 is 0. The van der Waals surface area contributed by atoms with E-state index in [9.17, 15) is 0 Å². The zero-order chi connectivity index (χ0) is 25.5. The van der Waals surface area contributed by atoms with E-state index in [0.717, 1.165) is 67.0 Å². The number of benzene rings is 6. The molecule has 9 rings (SSSR count). The molecule has 0 fully saturated rings. The first-order valence-corrected chi connectivity index (χ1v) is 13.1. The van der Waals surface area contributed by atoms with Gasteiger partial charge >= 0.3 is 0 Å². The number of fused-ring (bicyclic) bond motifs is 6. The van der Waals surface area contributed by atoms with E-state index in [2.05, 4.69) is 84.9 Å². The summed E-state index contributed by atoms with van der Waals surface area (Å²) in [5, 5.41) is 6.85. The third kappa shape index (κ3) is 2.98. The van der Waals surface area contributed by atoms with Crippen molar-refractivity contribution in [3.05, 3.63) is 121 Å². The van der Waals surface area contributed by atoms with Gasteiger partial charge in [-0.05, 0) is 76.3 Å². The first kappa shape index (κ1) is 20.7. The molecule has 39 heavy (non-hydrogen) atoms. The summed E-state index contributed by atoms with van der Waals surface area (Å²) in [5.74, 6) is 3.39. The Morgan fingerprint density at radius 1 is 0.410 bits per heavy atom. The van der Waals surface area contributed by atoms with Gasteiger partial charge in [0.1, 0.15) is 34.2 Å². The molecule has 1 aliphatic heterocycles. The number of hydrogen-bond donors (Lipinski definition) is 0. The molecule has 0 unspecified atom stereocenters. The van der Waals surface area contributed by atoms with Crippen LogP contribution in [0.3, 0.4) is 0 Å². The molecule has 0 bridgehead atoms. The lowest BCUT2D eigenvalue weighted by Crippen LogP contribution is -1.97. The van der Waals surface area contributed by atoms with Gasteiger partial charge in [-0.2, -0.15) is 0 Å². The standard InChI is InChI=1S/C36H20O3/c1-2-7-23-20-34-28(18-22(23)6-1)36-26(11-5-13-33(36)39-34)30-17-16-29(37-30)24-14-15-31-27(19-24)25-10-3-8-21-9-4-12-32(38-31)35(21)25/h1-20H. The van der Waals surface area contributed by atoms with Crippen LogP contribution in [0.4, 0.5) is 0 Å². The molecule has 1 aliphatic rings. The average molecular weight is 501 g/mol. The highest BCUT2D eigenvalue weighted by Crippen LogP contribution is 2.48. The van der Waals surface area contributed by atoms with Gasteiger partial charge in [0.15, 0.2) is 0 Å². The van der Waals surface area contributed by atoms with Crippen molar-refractivity contribution in [3.8, 4) is 45.3 Å². The maximum atomic E-state index is 6.52. The summed E-state index contributed by atoms with van der Waals surface area (Å²) in [5.41, 5.74) is 6.02. The Bertz CT molecular complexity index is 2260. The Kier molecular flexibility index (Phi) is 4.05. The Hall–Kier alpha value is -5.28. The third-order valence-corrected chi connectivity index (χ3v) is 7.88. The van der Waals surface area contributed by atoms with Crippen LogP contribution in [0.15, 0.2) is 130 Å². The summed E-state index contributed by atoms with van der Waals surface area (Å²) < 4.78 is 19.1. The zero-order valence-electron chi connectivity index (χ0n) is 20.8. The maximum Gasteiger partial charge on any atom is 0.136 e. The van der Waals surface area contributed by atoms with Crippen LogP contribution in [-0.2, 0) is 0 Å². The number of furan rings is 2. The van der Waals surface area contributed by atoms with Crippen LogP contribution in [0, 0.1) is 0 Å². The monoisotopic (exact) mass is 500 g/mol. The molecule has 3 heterocycles. The zero-order valence-corrected chi connectivity index (χ0v) is 20.8. The van der Waals surface area contributed by atoms with Crippen LogP contribution in [0.1, 0.15) is 0 Å². The quantitative estimate of drug-likeness (QED) is 0.237. The lowest BCUT2D eigenvalue weighted by Gasteiger charge is -2.21. The van der Waals surface area contributed by atoms with Gasteiger partial charge in [-0.1, -0.05) is 66.7 Å². The van der Waals surface area contributed by atoms with Crippen LogP contribution in [-0.4, -0.2) is 0 Å². The lowest BCUT2D eigenvalue weighted by molar-refractivity contribution is 0.487. The third-order valence-electron chi connectivity index (χ3n) is 7.88. The van der Waals surface area contributed by atoms with Crippen LogP contribution >= 0.6 is 0 Å². The topological polar surface area (TPSA) is 35.5 Å². The summed E-state index contributed by atoms with van der Waals surface area (Å²) in [4.78, 5) is 0. The Morgan fingerprint density at radius 2 is 1.18 bits per heavy atom. The average Bonchev–Trinajstić information content (AvgIpc) is 3.61. The van der Waals surface area contributed by atoms with E-state index >= 15 is 0 Å². The first-order valence-electron chi connectivity index (χ1n) is 13.1. The summed E-state index contributed by atoms with van der Waals surface area (Å²) in [6.45, 7) is 0. The fourth-order valence-corrected chi connectivity index (χ4v) is 6.07. The molecule has 0 spiro atoms. The van der Waals surface area contributed by atoms with Gasteiger partial charge in [-0.3, -0.25) is 0 Å². The van der Waals surface area contributed by atoms with Crippen molar-refractivity contribution >= 4 is 43.5 Å². The fourth-order valence-electron chi connectivity index (χ4n) is 6.07. The van der Waals surface area contributed by atoms with E-state index in [-0.39, 0.29) is 0 Å². The van der Waals surface area contributed by atoms with Crippen molar-refractivity contribution in [2.24, 2.45) is 0 Å². The molecule has 0 aliphatic carbocycles. The summed E-state index contributed by atoms with van der Waals surface area (Å²) in [7, 11) is 0. The molecule has 8 aromatic rings. The largest absolute Gasteiger partial charge is 0.456 e. The summed E-state index contributed by atoms with van der Waals surface area (Å²) in [6, 6.07) is 41.8. The highest BCUT2D eigenvalue weighted by Gasteiger charge is 2.21. The normalized spacial score (nSPS) is 12.3. The number of hydrogen-bond acceptors (Lipinski definition) is 3. The molecule has 0 saturated heterocycles. The van der Waals surface area contributed by atoms with Crippen molar-refractivity contribution in [1.29, 1.82) is 0 Å². The molecular weight excluding hydrogens is 480 g/mol. The van der Waals surface area contributed by atoms with Gasteiger partial charge in [-0.25, -0.2) is 0 Å². The second-order valence-corrected chi connectivity index (χ2v) is 10.1. The second kappa shape index (κ2) is 7.62. The highest BCUT2D eigenvalue weighted by molar-refractivity contribution is 6.15. The Labute approximate surface area is 223 Å². The number of rotatable bonds is 2. The molecule has 3 heteroatoms. The predicted octanol–water partition coefficient (Wildman–Crippen LogP) is 10.6. The van der Waals surface area contributed by atoms with Crippen LogP contribution in [0.25, 0.3) is 77.3 Å². The molecule has 0 N–H and O–H groups in total. The van der Waals surface area contributed by atoms with E-state index in [1.54, 1.807) is 0 Å². The Morgan fingerprint density at radius 3 is 2.10 bits per heavy atom. The molecule has 6 aromatic carbocycles. The minimum Gasteiger partial charge on any atom is -0.456 e. The Balaban J connectivity index is 1.19. The molecule has 0 amide bonds. The van der Waals surface area contributed by atoms with Crippen LogP contribution in [0.2, 0.25) is 0 Å². The van der Waals surface area contributed by atoms with Gasteiger partial charge in [0.2, 0.25) is 0 Å². The summed E-state index contributed by atoms with van der Waals surface area (Å²) in [6.07, 6.45) is 0. The van der Waals surface area contributed by atoms with E-state index in [0.29, 0.717) is 0 Å². The van der Waals surface area contributed by atoms with Crippen molar-refractivity contribution in [2.45, 2.75) is 0 Å². The first-order chi connectivity index (χ1) is 19.3. The SMILES string of the molecule is c1ccc2cc3c(cc2c1)oc1cccc(-c2ccc(-c4ccc5c(c4)-c4cccc6cccc(c46)O5)o2)c13. The van der Waals surface area contributed by atoms with E-state index in [1.165, 1.54) is 21.7 Å². The number of ether oxygens (including phenoxy) is 1. The molecule has 0 radical (unpaired) electrons. The minimum absolute atomic E-state index is 0.813. The highest BCUT2D eigenvalue weighted by atomic mass is 16.5. The second-order valence-electron chi connectivity index (χ2n) is 10.1. The maximum absolute atomic E-state index is 6.52. The van der Waals surface area contributed by atoms with Crippen molar-refractivity contribution < 1.29 is 13.6 Å². The van der Waals surface area contributed by atoms with Crippen molar-refractivity contribution in [3.63, 3.8) is 0 Å². The van der Waals surface area contributed by atoms with E-state index in [4.69, 9.17) is 13.6 Å². The molecule has 3 nitrogen and oxygen atoms in total. The van der Waals surface area contributed by atoms with E-state index < -0.39 is 0 Å². The fraction of sp³-hybridized carbons (Fsp3) is 0. The molecule has 2 aromatic heterocycles. The van der Waals surface area contributed by atoms with Gasteiger partial charge < -0.3 is 13.6 Å². The molecular formula is C36H20O3. The van der Waals surface area contributed by atoms with E-state index in [1.807, 2.05) is 36.4 Å². The molecule has 0 atom stereocenters. The van der Waals surface area contributed by atoms with Gasteiger partial charge in [0, 0.05) is 32.8 Å². The van der Waals surface area contributed by atoms with Gasteiger partial charge in [-0.15, -0.1) is 0 Å². The van der Waals surface area contributed by atoms with Crippen molar-refractivity contribution in [1.82, 2.24) is 0 Å². The van der Waals surface area contributed by atoms with Crippen LogP contribution < -0.4 is 4.74 Å². The molecule has 0 saturated carbocycles. The predicted molar refractivity (Wildman–Crippen MR) is 157 cm³/mol. The molecule has 182 valence electrons. The van der Waals surface area contributed by atoms with Crippen molar-refractivity contribution in [2.75, 3.05) is 0 Å². The van der Waals surface area contributed by atoms with Gasteiger partial charge in [0.25, 0.3) is 0 Å². The smallest absolute Gasteiger partial charge is 0.136 e. The van der Waals surface area contributed by atoms with Crippen LogP contribution in [0.5, 0.6) is 11.5 Å². The van der Waals surface area contributed by atoms with Gasteiger partial charge in [0.05, 0.1) is 0 Å².